The zero-order chi connectivity index (χ0) is 16.2. The summed E-state index contributed by atoms with van der Waals surface area (Å²) in [6, 6.07) is 3.61. The second-order valence-electron chi connectivity index (χ2n) is 5.90. The first-order valence-electron chi connectivity index (χ1n) is 8.11. The van der Waals surface area contributed by atoms with Crippen molar-refractivity contribution in [2.45, 2.75) is 45.4 Å². The van der Waals surface area contributed by atoms with E-state index in [0.29, 0.717) is 24.8 Å². The van der Waals surface area contributed by atoms with Crippen LogP contribution in [0.5, 0.6) is 5.75 Å². The molecule has 1 unspecified atom stereocenters. The monoisotopic (exact) mass is 339 g/mol. The van der Waals surface area contributed by atoms with E-state index in [1.807, 2.05) is 19.1 Å². The molecule has 1 aromatic carbocycles. The van der Waals surface area contributed by atoms with Crippen molar-refractivity contribution in [1.29, 1.82) is 0 Å². The van der Waals surface area contributed by atoms with Crippen LogP contribution in [0, 0.1) is 0 Å². The maximum atomic E-state index is 12.2. The van der Waals surface area contributed by atoms with Gasteiger partial charge in [-0.25, -0.2) is 0 Å². The Bertz CT molecular complexity index is 578. The normalized spacial score (nSPS) is 21.4. The van der Waals surface area contributed by atoms with Crippen LogP contribution in [0.2, 0.25) is 5.02 Å². The standard InChI is InChI=1S/C17H22ClNO4/c1-2-22-17(20)15-5-3-4-6-19(15)9-12-7-14(18)8-13-10-21-11-23-16(12)13/h7-8,15H,2-6,9-11H2,1H3. The highest BCUT2D eigenvalue weighted by atomic mass is 35.5. The third kappa shape index (κ3) is 3.79. The summed E-state index contributed by atoms with van der Waals surface area (Å²) in [7, 11) is 0. The third-order valence-corrected chi connectivity index (χ3v) is 4.52. The summed E-state index contributed by atoms with van der Waals surface area (Å²) < 4.78 is 16.2. The van der Waals surface area contributed by atoms with Gasteiger partial charge < -0.3 is 14.2 Å². The fourth-order valence-electron chi connectivity index (χ4n) is 3.28. The molecule has 1 saturated heterocycles. The molecule has 6 heteroatoms. The molecule has 0 aromatic heterocycles. The van der Waals surface area contributed by atoms with Crippen LogP contribution < -0.4 is 4.74 Å². The number of rotatable bonds is 4. The van der Waals surface area contributed by atoms with Crippen LogP contribution in [0.4, 0.5) is 0 Å². The van der Waals surface area contributed by atoms with E-state index in [4.69, 9.17) is 25.8 Å². The number of benzene rings is 1. The van der Waals surface area contributed by atoms with Crippen molar-refractivity contribution in [2.75, 3.05) is 19.9 Å². The van der Waals surface area contributed by atoms with Gasteiger partial charge >= 0.3 is 5.97 Å². The second-order valence-corrected chi connectivity index (χ2v) is 6.33. The van der Waals surface area contributed by atoms with Crippen molar-refractivity contribution < 1.29 is 19.0 Å². The number of hydrogen-bond donors (Lipinski definition) is 0. The Morgan fingerprint density at radius 3 is 3.13 bits per heavy atom. The van der Waals surface area contributed by atoms with Gasteiger partial charge in [-0.2, -0.15) is 0 Å². The number of carbonyl (C=O) groups is 1. The Hall–Kier alpha value is -1.30. The van der Waals surface area contributed by atoms with Crippen molar-refractivity contribution >= 4 is 17.6 Å². The molecule has 1 fully saturated rings. The summed E-state index contributed by atoms with van der Waals surface area (Å²) in [5.41, 5.74) is 1.97. The second kappa shape index (κ2) is 7.51. The number of nitrogens with zero attached hydrogens (tertiary/aromatic N) is 1. The van der Waals surface area contributed by atoms with E-state index in [2.05, 4.69) is 4.90 Å². The van der Waals surface area contributed by atoms with Gasteiger partial charge in [0.2, 0.25) is 0 Å². The number of likely N-dealkylation sites (tertiary alicyclic amines) is 1. The molecule has 0 spiro atoms. The highest BCUT2D eigenvalue weighted by Crippen LogP contribution is 2.33. The van der Waals surface area contributed by atoms with Gasteiger partial charge in [0.25, 0.3) is 0 Å². The summed E-state index contributed by atoms with van der Waals surface area (Å²) >= 11 is 6.23. The molecule has 0 bridgehead atoms. The van der Waals surface area contributed by atoms with Gasteiger partial charge in [0.05, 0.1) is 13.2 Å². The van der Waals surface area contributed by atoms with E-state index in [9.17, 15) is 4.79 Å². The lowest BCUT2D eigenvalue weighted by atomic mass is 10.00. The quantitative estimate of drug-likeness (QED) is 0.789. The van der Waals surface area contributed by atoms with E-state index in [0.717, 1.165) is 42.7 Å². The molecule has 2 heterocycles. The Labute approximate surface area is 141 Å². The zero-order valence-electron chi connectivity index (χ0n) is 13.3. The molecule has 0 amide bonds. The summed E-state index contributed by atoms with van der Waals surface area (Å²) in [5, 5.41) is 0.664. The molecular formula is C17H22ClNO4. The fourth-order valence-corrected chi connectivity index (χ4v) is 3.54. The van der Waals surface area contributed by atoms with E-state index in [1.54, 1.807) is 0 Å². The molecule has 5 nitrogen and oxygen atoms in total. The van der Waals surface area contributed by atoms with Crippen LogP contribution >= 0.6 is 11.6 Å². The Morgan fingerprint density at radius 1 is 1.43 bits per heavy atom. The minimum Gasteiger partial charge on any atom is -0.467 e. The topological polar surface area (TPSA) is 48.0 Å². The van der Waals surface area contributed by atoms with E-state index >= 15 is 0 Å². The van der Waals surface area contributed by atoms with Crippen molar-refractivity contribution in [3.63, 3.8) is 0 Å². The average molecular weight is 340 g/mol. The lowest BCUT2D eigenvalue weighted by Gasteiger charge is -2.34. The number of halogens is 1. The predicted octanol–water partition coefficient (Wildman–Crippen LogP) is 3.12. The van der Waals surface area contributed by atoms with Gasteiger partial charge in [-0.1, -0.05) is 18.0 Å². The maximum absolute atomic E-state index is 12.2. The maximum Gasteiger partial charge on any atom is 0.323 e. The van der Waals surface area contributed by atoms with Crippen molar-refractivity contribution in [1.82, 2.24) is 4.90 Å². The van der Waals surface area contributed by atoms with E-state index in [-0.39, 0.29) is 18.8 Å². The van der Waals surface area contributed by atoms with Crippen molar-refractivity contribution in [2.24, 2.45) is 0 Å². The highest BCUT2D eigenvalue weighted by Gasteiger charge is 2.31. The molecule has 23 heavy (non-hydrogen) atoms. The molecule has 3 rings (SSSR count). The van der Waals surface area contributed by atoms with Crippen molar-refractivity contribution in [3.8, 4) is 5.75 Å². The lowest BCUT2D eigenvalue weighted by Crippen LogP contribution is -2.45. The van der Waals surface area contributed by atoms with E-state index in [1.165, 1.54) is 0 Å². The summed E-state index contributed by atoms with van der Waals surface area (Å²) in [4.78, 5) is 14.4. The molecule has 1 atom stereocenters. The largest absolute Gasteiger partial charge is 0.467 e. The fraction of sp³-hybridized carbons (Fsp3) is 0.588. The van der Waals surface area contributed by atoms with Crippen LogP contribution in [0.1, 0.15) is 37.3 Å². The number of fused-ring (bicyclic) bond motifs is 1. The van der Waals surface area contributed by atoms with Crippen LogP contribution in [0.3, 0.4) is 0 Å². The molecule has 2 aliphatic rings. The summed E-state index contributed by atoms with van der Waals surface area (Å²) in [6.45, 7) is 4.52. The minimum atomic E-state index is -0.182. The number of piperidine rings is 1. The average Bonchev–Trinajstić information content (AvgIpc) is 2.55. The van der Waals surface area contributed by atoms with Gasteiger partial charge in [-0.3, -0.25) is 9.69 Å². The minimum absolute atomic E-state index is 0.132. The number of hydrogen-bond acceptors (Lipinski definition) is 5. The SMILES string of the molecule is CCOC(=O)C1CCCCN1Cc1cc(Cl)cc2c1OCOC2. The summed E-state index contributed by atoms with van der Waals surface area (Å²) in [5.74, 6) is 0.709. The number of carbonyl (C=O) groups excluding carboxylic acids is 1. The zero-order valence-corrected chi connectivity index (χ0v) is 14.1. The lowest BCUT2D eigenvalue weighted by molar-refractivity contribution is -0.151. The Morgan fingerprint density at radius 2 is 2.30 bits per heavy atom. The molecule has 0 saturated carbocycles. The van der Waals surface area contributed by atoms with Crippen LogP contribution in [-0.4, -0.2) is 36.9 Å². The smallest absolute Gasteiger partial charge is 0.323 e. The van der Waals surface area contributed by atoms with Crippen LogP contribution in [0.25, 0.3) is 0 Å². The molecule has 126 valence electrons. The first-order valence-corrected chi connectivity index (χ1v) is 8.49. The van der Waals surface area contributed by atoms with Crippen molar-refractivity contribution in [3.05, 3.63) is 28.3 Å². The predicted molar refractivity (Wildman–Crippen MR) is 86.4 cm³/mol. The molecule has 0 aliphatic carbocycles. The van der Waals surface area contributed by atoms with Gasteiger partial charge in [-0.05, 0) is 38.4 Å². The third-order valence-electron chi connectivity index (χ3n) is 4.30. The molecule has 0 radical (unpaired) electrons. The van der Waals surface area contributed by atoms with Crippen LogP contribution in [0.15, 0.2) is 12.1 Å². The molecule has 1 aromatic rings. The van der Waals surface area contributed by atoms with Gasteiger partial charge in [0.1, 0.15) is 11.8 Å². The Balaban J connectivity index is 1.82. The first-order chi connectivity index (χ1) is 11.2. The summed E-state index contributed by atoms with van der Waals surface area (Å²) in [6.07, 6.45) is 2.98. The van der Waals surface area contributed by atoms with Gasteiger partial charge in [-0.15, -0.1) is 0 Å². The highest BCUT2D eigenvalue weighted by molar-refractivity contribution is 6.30. The van der Waals surface area contributed by atoms with Gasteiger partial charge in [0.15, 0.2) is 6.79 Å². The molecule has 0 N–H and O–H groups in total. The van der Waals surface area contributed by atoms with Gasteiger partial charge in [0, 0.05) is 22.7 Å². The molecular weight excluding hydrogens is 318 g/mol. The Kier molecular flexibility index (Phi) is 5.41. The number of ether oxygens (including phenoxy) is 3. The van der Waals surface area contributed by atoms with E-state index < -0.39 is 0 Å². The first kappa shape index (κ1) is 16.6. The van der Waals surface area contributed by atoms with Crippen LogP contribution in [-0.2, 0) is 27.4 Å². The molecule has 2 aliphatic heterocycles. The number of esters is 1.